The van der Waals surface area contributed by atoms with Crippen LogP contribution in [-0.2, 0) is 9.53 Å². The number of carbonyl (C=O) groups excluding carboxylic acids is 1. The van der Waals surface area contributed by atoms with Crippen molar-refractivity contribution in [3.05, 3.63) is 0 Å². The third-order valence-corrected chi connectivity index (χ3v) is 6.35. The van der Waals surface area contributed by atoms with E-state index in [4.69, 9.17) is 4.74 Å². The number of rotatable bonds is 5. The number of hydrogen-bond acceptors (Lipinski definition) is 2. The highest BCUT2D eigenvalue weighted by Crippen LogP contribution is 2.41. The van der Waals surface area contributed by atoms with E-state index in [1.807, 2.05) is 0 Å². The van der Waals surface area contributed by atoms with Crippen LogP contribution in [0.4, 0.5) is 0 Å². The number of piperidine rings is 1. The molecule has 0 spiro atoms. The van der Waals surface area contributed by atoms with Gasteiger partial charge in [-0.25, -0.2) is 0 Å². The molecule has 24 heavy (non-hydrogen) atoms. The van der Waals surface area contributed by atoms with Crippen LogP contribution in [-0.4, -0.2) is 36.6 Å². The van der Waals surface area contributed by atoms with Gasteiger partial charge in [0, 0.05) is 25.6 Å². The molecule has 3 unspecified atom stereocenters. The van der Waals surface area contributed by atoms with Crippen LogP contribution in [0.25, 0.3) is 0 Å². The minimum absolute atomic E-state index is 0.319. The highest BCUT2D eigenvalue weighted by molar-refractivity contribution is 5.80. The Bertz CT molecular complexity index is 422. The van der Waals surface area contributed by atoms with E-state index in [0.29, 0.717) is 35.2 Å². The van der Waals surface area contributed by atoms with Crippen molar-refractivity contribution >= 4 is 5.91 Å². The molecule has 1 aliphatic carbocycles. The Morgan fingerprint density at radius 3 is 2.54 bits per heavy atom. The van der Waals surface area contributed by atoms with Crippen molar-refractivity contribution in [2.75, 3.05) is 19.7 Å². The van der Waals surface area contributed by atoms with Gasteiger partial charge in [-0.15, -0.1) is 0 Å². The molecule has 0 aromatic rings. The number of ether oxygens (including phenoxy) is 1. The second-order valence-electron chi connectivity index (χ2n) is 9.71. The normalized spacial score (nSPS) is 34.2. The highest BCUT2D eigenvalue weighted by atomic mass is 16.5. The van der Waals surface area contributed by atoms with Crippen molar-refractivity contribution < 1.29 is 9.53 Å². The Hall–Kier alpha value is -0.570. The molecule has 0 bridgehead atoms. The number of amides is 1. The Kier molecular flexibility index (Phi) is 5.89. The molecule has 0 aromatic carbocycles. The van der Waals surface area contributed by atoms with Crippen molar-refractivity contribution in [3.63, 3.8) is 0 Å². The van der Waals surface area contributed by atoms with Crippen LogP contribution in [0, 0.1) is 23.2 Å². The van der Waals surface area contributed by atoms with Gasteiger partial charge in [0.2, 0.25) is 5.91 Å². The zero-order valence-corrected chi connectivity index (χ0v) is 16.1. The highest BCUT2D eigenvalue weighted by Gasteiger charge is 2.40. The number of likely N-dealkylation sites (tertiary alicyclic amines) is 1. The fourth-order valence-electron chi connectivity index (χ4n) is 5.04. The standard InChI is InChI=1S/C21H37NO2/c1-21(2,3)14-16-6-4-12-22(15-16)20(23)19-11-9-17(19)8-10-18-7-5-13-24-18/h16-19H,4-15H2,1-3H3/t16?,17?,18-,19?/m1/s1. The van der Waals surface area contributed by atoms with E-state index < -0.39 is 0 Å². The fraction of sp³-hybridized carbons (Fsp3) is 0.952. The van der Waals surface area contributed by atoms with Gasteiger partial charge in [0.25, 0.3) is 0 Å². The van der Waals surface area contributed by atoms with Crippen molar-refractivity contribution in [2.45, 2.75) is 84.7 Å². The molecule has 2 heterocycles. The number of carbonyl (C=O) groups is 1. The van der Waals surface area contributed by atoms with Gasteiger partial charge in [0.15, 0.2) is 0 Å². The second-order valence-corrected chi connectivity index (χ2v) is 9.71. The molecule has 4 atom stereocenters. The molecule has 0 aromatic heterocycles. The molecular weight excluding hydrogens is 298 g/mol. The monoisotopic (exact) mass is 335 g/mol. The molecule has 3 nitrogen and oxygen atoms in total. The third kappa shape index (κ3) is 4.74. The minimum atomic E-state index is 0.319. The smallest absolute Gasteiger partial charge is 0.225 e. The van der Waals surface area contributed by atoms with E-state index in [9.17, 15) is 4.79 Å². The lowest BCUT2D eigenvalue weighted by Gasteiger charge is -2.42. The summed E-state index contributed by atoms with van der Waals surface area (Å²) in [4.78, 5) is 15.2. The van der Waals surface area contributed by atoms with Crippen LogP contribution >= 0.6 is 0 Å². The van der Waals surface area contributed by atoms with Gasteiger partial charge < -0.3 is 9.64 Å². The predicted octanol–water partition coefficient (Wildman–Crippen LogP) is 4.65. The maximum absolute atomic E-state index is 13.0. The largest absolute Gasteiger partial charge is 0.378 e. The summed E-state index contributed by atoms with van der Waals surface area (Å²) in [6, 6.07) is 0. The lowest BCUT2D eigenvalue weighted by atomic mass is 9.70. The van der Waals surface area contributed by atoms with Crippen molar-refractivity contribution in [3.8, 4) is 0 Å². The lowest BCUT2D eigenvalue weighted by molar-refractivity contribution is -0.143. The third-order valence-electron chi connectivity index (χ3n) is 6.35. The molecule has 0 radical (unpaired) electrons. The summed E-state index contributed by atoms with van der Waals surface area (Å²) in [6.45, 7) is 9.91. The van der Waals surface area contributed by atoms with Crippen molar-refractivity contribution in [1.29, 1.82) is 0 Å². The Balaban J connectivity index is 1.46. The van der Waals surface area contributed by atoms with Crippen LogP contribution in [0.3, 0.4) is 0 Å². The average molecular weight is 336 g/mol. The first kappa shape index (κ1) is 18.2. The van der Waals surface area contributed by atoms with E-state index in [-0.39, 0.29) is 0 Å². The van der Waals surface area contributed by atoms with E-state index in [0.717, 1.165) is 26.1 Å². The summed E-state index contributed by atoms with van der Waals surface area (Å²) in [5, 5.41) is 0. The Morgan fingerprint density at radius 2 is 1.92 bits per heavy atom. The van der Waals surface area contributed by atoms with Crippen LogP contribution in [0.15, 0.2) is 0 Å². The summed E-state index contributed by atoms with van der Waals surface area (Å²) in [5.74, 6) is 2.12. The molecule has 2 saturated heterocycles. The van der Waals surface area contributed by atoms with Gasteiger partial charge in [0.1, 0.15) is 0 Å². The lowest BCUT2D eigenvalue weighted by Crippen LogP contribution is -2.48. The van der Waals surface area contributed by atoms with Gasteiger partial charge in [-0.1, -0.05) is 20.8 Å². The average Bonchev–Trinajstić information content (AvgIpc) is 2.98. The molecule has 3 fully saturated rings. The molecule has 3 rings (SSSR count). The van der Waals surface area contributed by atoms with Gasteiger partial charge in [0.05, 0.1) is 6.10 Å². The van der Waals surface area contributed by atoms with Crippen LogP contribution in [0.5, 0.6) is 0 Å². The summed E-state index contributed by atoms with van der Waals surface area (Å²) in [6.07, 6.45) is 11.4. The van der Waals surface area contributed by atoms with Gasteiger partial charge in [-0.05, 0) is 75.0 Å². The SMILES string of the molecule is CC(C)(C)CC1CCCN(C(=O)C2CCC2CC[C@H]2CCCO2)C1. The summed E-state index contributed by atoms with van der Waals surface area (Å²) < 4.78 is 5.75. The molecular formula is C21H37NO2. The van der Waals surface area contributed by atoms with Crippen LogP contribution in [0.2, 0.25) is 0 Å². The van der Waals surface area contributed by atoms with E-state index in [1.165, 1.54) is 51.4 Å². The van der Waals surface area contributed by atoms with Crippen molar-refractivity contribution in [2.24, 2.45) is 23.2 Å². The van der Waals surface area contributed by atoms with Gasteiger partial charge in [-0.3, -0.25) is 4.79 Å². The second kappa shape index (κ2) is 7.76. The van der Waals surface area contributed by atoms with Gasteiger partial charge >= 0.3 is 0 Å². The summed E-state index contributed by atoms with van der Waals surface area (Å²) in [5.41, 5.74) is 0.372. The molecule has 0 N–H and O–H groups in total. The summed E-state index contributed by atoms with van der Waals surface area (Å²) in [7, 11) is 0. The molecule has 1 amide bonds. The zero-order chi connectivity index (χ0) is 17.2. The first-order chi connectivity index (χ1) is 11.4. The van der Waals surface area contributed by atoms with E-state index in [2.05, 4.69) is 25.7 Å². The van der Waals surface area contributed by atoms with E-state index >= 15 is 0 Å². The number of hydrogen-bond donors (Lipinski definition) is 0. The van der Waals surface area contributed by atoms with Crippen LogP contribution in [0.1, 0.15) is 78.6 Å². The first-order valence-corrected chi connectivity index (χ1v) is 10.3. The predicted molar refractivity (Wildman–Crippen MR) is 97.8 cm³/mol. The first-order valence-electron chi connectivity index (χ1n) is 10.3. The van der Waals surface area contributed by atoms with Crippen molar-refractivity contribution in [1.82, 2.24) is 4.90 Å². The van der Waals surface area contributed by atoms with Crippen LogP contribution < -0.4 is 0 Å². The number of nitrogens with zero attached hydrogens (tertiary/aromatic N) is 1. The molecule has 2 aliphatic heterocycles. The molecule has 138 valence electrons. The Labute approximate surface area is 148 Å². The van der Waals surface area contributed by atoms with Gasteiger partial charge in [-0.2, -0.15) is 0 Å². The molecule has 3 heteroatoms. The van der Waals surface area contributed by atoms with E-state index in [1.54, 1.807) is 0 Å². The maximum atomic E-state index is 13.0. The zero-order valence-electron chi connectivity index (χ0n) is 16.1. The Morgan fingerprint density at radius 1 is 1.08 bits per heavy atom. The minimum Gasteiger partial charge on any atom is -0.378 e. The summed E-state index contributed by atoms with van der Waals surface area (Å²) >= 11 is 0. The molecule has 3 aliphatic rings. The quantitative estimate of drug-likeness (QED) is 0.732. The molecule has 1 saturated carbocycles. The topological polar surface area (TPSA) is 29.5 Å². The fourth-order valence-corrected chi connectivity index (χ4v) is 5.04. The maximum Gasteiger partial charge on any atom is 0.225 e.